The van der Waals surface area contributed by atoms with Crippen molar-refractivity contribution in [2.24, 2.45) is 0 Å². The molecule has 2 aliphatic carbocycles. The molecule has 0 amide bonds. The van der Waals surface area contributed by atoms with E-state index in [0.717, 1.165) is 33.2 Å². The summed E-state index contributed by atoms with van der Waals surface area (Å²) in [6, 6.07) is 24.5. The Morgan fingerprint density at radius 3 is 1.13 bits per heavy atom. The molecule has 0 aliphatic heterocycles. The molecule has 31 heavy (non-hydrogen) atoms. The molecule has 148 valence electrons. The number of fused-ring (bicyclic) bond motifs is 2. The molecule has 6 rings (SSSR count). The molecular formula is C28H22N2Ti. The van der Waals surface area contributed by atoms with Gasteiger partial charge in [0.2, 0.25) is 0 Å². The fourth-order valence-corrected chi connectivity index (χ4v) is 3.06. The quantitative estimate of drug-likeness (QED) is 0.299. The Hall–Kier alpha value is -3.07. The molecule has 3 heteroatoms. The van der Waals surface area contributed by atoms with Gasteiger partial charge in [-0.15, -0.1) is 0 Å². The molecule has 2 aromatic heterocycles. The van der Waals surface area contributed by atoms with Crippen molar-refractivity contribution in [1.82, 2.24) is 9.97 Å². The van der Waals surface area contributed by atoms with Gasteiger partial charge in [-0.25, -0.2) is 9.97 Å². The molecule has 0 unspecified atom stereocenters. The first-order valence-electron chi connectivity index (χ1n) is 9.95. The predicted octanol–water partition coefficient (Wildman–Crippen LogP) is 7.08. The summed E-state index contributed by atoms with van der Waals surface area (Å²) in [6.45, 7) is 0. The van der Waals surface area contributed by atoms with Crippen molar-refractivity contribution in [3.8, 4) is 11.4 Å². The largest absolute Gasteiger partial charge is 0.246 e. The van der Waals surface area contributed by atoms with Crippen molar-refractivity contribution < 1.29 is 21.7 Å². The average Bonchev–Trinajstić information content (AvgIpc) is 3.58. The molecule has 2 aromatic carbocycles. The number of rotatable bonds is 1. The van der Waals surface area contributed by atoms with Gasteiger partial charge >= 0.3 is 0 Å². The standard InChI is InChI=1S/C18H12N2.2C5H5.Ti/c1-3-7-15-13(5-1)9-11-17(19-15)18-12-10-14-6-2-4-8-16(14)20-18;2*1-2-4-5-3-1;/h1-12H;2*1-5H;. The van der Waals surface area contributed by atoms with Crippen molar-refractivity contribution in [2.45, 2.75) is 0 Å². The summed E-state index contributed by atoms with van der Waals surface area (Å²) < 4.78 is 0. The van der Waals surface area contributed by atoms with Crippen LogP contribution >= 0.6 is 0 Å². The Morgan fingerprint density at radius 1 is 0.387 bits per heavy atom. The van der Waals surface area contributed by atoms with Crippen LogP contribution in [0.4, 0.5) is 0 Å². The zero-order chi connectivity index (χ0) is 20.4. The van der Waals surface area contributed by atoms with Crippen LogP contribution in [0.5, 0.6) is 0 Å². The van der Waals surface area contributed by atoms with Gasteiger partial charge in [-0.1, -0.05) is 97.1 Å². The third kappa shape index (κ3) is 6.45. The second-order valence-electron chi connectivity index (χ2n) is 6.70. The normalized spacial score (nSPS) is 12.8. The van der Waals surface area contributed by atoms with E-state index in [-0.39, 0.29) is 21.7 Å². The number of para-hydroxylation sites is 2. The number of benzene rings is 2. The molecule has 4 aromatic rings. The summed E-state index contributed by atoms with van der Waals surface area (Å²) >= 11 is 0. The van der Waals surface area contributed by atoms with Crippen LogP contribution in [-0.4, -0.2) is 9.97 Å². The van der Waals surface area contributed by atoms with Gasteiger partial charge in [-0.05, 0) is 24.3 Å². The van der Waals surface area contributed by atoms with Gasteiger partial charge in [0.1, 0.15) is 0 Å². The molecule has 0 bridgehead atoms. The number of hydrogen-bond donors (Lipinski definition) is 0. The summed E-state index contributed by atoms with van der Waals surface area (Å²) in [5.74, 6) is 0. The van der Waals surface area contributed by atoms with Crippen LogP contribution in [0.3, 0.4) is 0 Å². The third-order valence-corrected chi connectivity index (χ3v) is 4.57. The molecule has 2 aliphatic rings. The first kappa shape index (κ1) is 22.6. The van der Waals surface area contributed by atoms with Gasteiger partial charge in [0.15, 0.2) is 0 Å². The molecular weight excluding hydrogens is 412 g/mol. The first-order valence-corrected chi connectivity index (χ1v) is 9.95. The minimum absolute atomic E-state index is 0. The minimum atomic E-state index is 0. The van der Waals surface area contributed by atoms with E-state index in [9.17, 15) is 0 Å². The van der Waals surface area contributed by atoms with Gasteiger partial charge in [0.25, 0.3) is 0 Å². The van der Waals surface area contributed by atoms with E-state index in [1.54, 1.807) is 0 Å². The topological polar surface area (TPSA) is 25.8 Å². The smallest absolute Gasteiger partial charge is 0.0894 e. The summed E-state index contributed by atoms with van der Waals surface area (Å²) in [4.78, 5) is 9.38. The van der Waals surface area contributed by atoms with Crippen LogP contribution in [-0.2, 0) is 21.7 Å². The van der Waals surface area contributed by atoms with Crippen molar-refractivity contribution >= 4 is 21.8 Å². The molecule has 2 radical (unpaired) electrons. The molecule has 0 fully saturated rings. The predicted molar refractivity (Wildman–Crippen MR) is 128 cm³/mol. The number of aromatic nitrogens is 2. The van der Waals surface area contributed by atoms with Crippen LogP contribution in [0.15, 0.2) is 121 Å². The molecule has 0 spiro atoms. The van der Waals surface area contributed by atoms with Crippen LogP contribution in [0.25, 0.3) is 33.2 Å². The molecule has 0 saturated heterocycles. The van der Waals surface area contributed by atoms with Gasteiger partial charge in [0, 0.05) is 45.3 Å². The number of nitrogens with zero attached hydrogens (tertiary/aromatic N) is 2. The Kier molecular flexibility index (Phi) is 8.72. The first-order chi connectivity index (χ1) is 14.9. The Balaban J connectivity index is 0.000000204. The fourth-order valence-electron chi connectivity index (χ4n) is 3.06. The van der Waals surface area contributed by atoms with Gasteiger partial charge in [-0.2, -0.15) is 0 Å². The van der Waals surface area contributed by atoms with Gasteiger partial charge < -0.3 is 0 Å². The molecule has 0 N–H and O–H groups in total. The van der Waals surface area contributed by atoms with Gasteiger partial charge in [-0.3, -0.25) is 0 Å². The maximum atomic E-state index is 4.69. The van der Waals surface area contributed by atoms with Crippen LogP contribution in [0.2, 0.25) is 0 Å². The van der Waals surface area contributed by atoms with E-state index >= 15 is 0 Å². The Labute approximate surface area is 198 Å². The van der Waals surface area contributed by atoms with E-state index in [1.165, 1.54) is 0 Å². The molecule has 0 saturated carbocycles. The summed E-state index contributed by atoms with van der Waals surface area (Å²) in [5.41, 5.74) is 3.82. The van der Waals surface area contributed by atoms with E-state index in [1.807, 2.05) is 110 Å². The van der Waals surface area contributed by atoms with E-state index in [0.29, 0.717) is 0 Å². The van der Waals surface area contributed by atoms with Crippen LogP contribution < -0.4 is 0 Å². The second kappa shape index (κ2) is 12.0. The molecule has 2 heterocycles. The minimum Gasteiger partial charge on any atom is -0.246 e. The maximum Gasteiger partial charge on any atom is 0.0894 e. The molecule has 0 atom stereocenters. The summed E-state index contributed by atoms with van der Waals surface area (Å²) in [6.07, 6.45) is 20.0. The maximum absolute atomic E-state index is 4.69. The third-order valence-electron chi connectivity index (χ3n) is 4.57. The SMILES string of the molecule is [CH]1C=CC=C1.[CH]1C=CC=C1.[Ti].c1ccc2nc(-c3ccc4ccccc4n3)ccc2c1. The van der Waals surface area contributed by atoms with Crippen molar-refractivity contribution in [1.29, 1.82) is 0 Å². The van der Waals surface area contributed by atoms with E-state index in [4.69, 9.17) is 0 Å². The average molecular weight is 434 g/mol. The van der Waals surface area contributed by atoms with Crippen LogP contribution in [0, 0.1) is 12.8 Å². The number of allylic oxidation sites excluding steroid dienone is 8. The number of hydrogen-bond acceptors (Lipinski definition) is 2. The van der Waals surface area contributed by atoms with Gasteiger partial charge in [0.05, 0.1) is 22.4 Å². The summed E-state index contributed by atoms with van der Waals surface area (Å²) in [7, 11) is 0. The monoisotopic (exact) mass is 434 g/mol. The fraction of sp³-hybridized carbons (Fsp3) is 0. The summed E-state index contributed by atoms with van der Waals surface area (Å²) in [5, 5.41) is 2.30. The Morgan fingerprint density at radius 2 is 0.774 bits per heavy atom. The van der Waals surface area contributed by atoms with Crippen molar-refractivity contribution in [3.63, 3.8) is 0 Å². The Bertz CT molecular complexity index is 1130. The zero-order valence-corrected chi connectivity index (χ0v) is 18.7. The van der Waals surface area contributed by atoms with Crippen molar-refractivity contribution in [2.75, 3.05) is 0 Å². The molecule has 2 nitrogen and oxygen atoms in total. The number of pyridine rings is 2. The van der Waals surface area contributed by atoms with E-state index in [2.05, 4.69) is 34.2 Å². The zero-order valence-electron chi connectivity index (χ0n) is 17.1. The van der Waals surface area contributed by atoms with E-state index < -0.39 is 0 Å². The van der Waals surface area contributed by atoms with Crippen LogP contribution in [0.1, 0.15) is 0 Å². The second-order valence-corrected chi connectivity index (χ2v) is 6.70. The van der Waals surface area contributed by atoms with Crippen molar-refractivity contribution in [3.05, 3.63) is 134 Å².